The van der Waals surface area contributed by atoms with Crippen molar-refractivity contribution in [3.63, 3.8) is 0 Å². The molecule has 5 heteroatoms. The zero-order valence-electron chi connectivity index (χ0n) is 37.1. The summed E-state index contributed by atoms with van der Waals surface area (Å²) in [6.45, 7) is 4.20. The molecule has 0 aromatic rings. The first kappa shape index (κ1) is 53.8. The Morgan fingerprint density at radius 3 is 1.11 bits per heavy atom. The highest BCUT2D eigenvalue weighted by atomic mass is 16.3. The van der Waals surface area contributed by atoms with Crippen LogP contribution in [0.1, 0.15) is 264 Å². The zero-order valence-corrected chi connectivity index (χ0v) is 37.1. The van der Waals surface area contributed by atoms with E-state index in [0.29, 0.717) is 6.42 Å². The van der Waals surface area contributed by atoms with Crippen LogP contribution in [-0.4, -0.2) is 46.1 Å². The molecule has 0 aromatic heterocycles. The highest BCUT2D eigenvalue weighted by Crippen LogP contribution is 2.17. The Bertz CT molecular complexity index is 814. The maximum atomic E-state index is 12.5. The summed E-state index contributed by atoms with van der Waals surface area (Å²) in [6, 6.07) is -0.811. The highest BCUT2D eigenvalue weighted by Gasteiger charge is 2.22. The number of rotatable bonds is 45. The minimum absolute atomic E-state index is 0.373. The van der Waals surface area contributed by atoms with E-state index in [1.165, 1.54) is 205 Å². The third kappa shape index (κ3) is 40.8. The molecule has 0 fully saturated rings. The first-order valence-corrected chi connectivity index (χ1v) is 24.7. The van der Waals surface area contributed by atoms with Crippen molar-refractivity contribution >= 4 is 5.91 Å². The van der Waals surface area contributed by atoms with E-state index in [1.54, 1.807) is 6.08 Å². The average molecular weight is 776 g/mol. The van der Waals surface area contributed by atoms with Crippen LogP contribution in [0.15, 0.2) is 24.3 Å². The molecule has 4 N–H and O–H groups in total. The number of amides is 1. The van der Waals surface area contributed by atoms with Crippen LogP contribution in [0, 0.1) is 0 Å². The van der Waals surface area contributed by atoms with E-state index in [0.717, 1.165) is 38.5 Å². The zero-order chi connectivity index (χ0) is 40.1. The first-order chi connectivity index (χ1) is 27.1. The molecule has 1 amide bonds. The Hall–Kier alpha value is -1.17. The number of hydrogen-bond acceptors (Lipinski definition) is 4. The molecule has 0 spiro atoms. The van der Waals surface area contributed by atoms with Gasteiger partial charge in [0.1, 0.15) is 6.10 Å². The standard InChI is InChI=1S/C50H97NO4/c1-3-5-7-9-11-13-15-17-19-21-23-24-25-27-28-30-32-34-36-38-40-42-44-48(53)47(46-52)51-50(55)49(54)45-43-41-39-37-35-33-31-29-26-22-20-18-16-14-12-10-8-6-4-2/h34,36,42,44,47-49,52-54H,3-33,35,37-41,43,45-46H2,1-2H3,(H,51,55)/b36-34+,44-42+. The second kappa shape index (κ2) is 45.5. The third-order valence-corrected chi connectivity index (χ3v) is 11.5. The second-order valence-electron chi connectivity index (χ2n) is 17.0. The van der Waals surface area contributed by atoms with Crippen molar-refractivity contribution in [3.05, 3.63) is 24.3 Å². The number of hydrogen-bond donors (Lipinski definition) is 4. The van der Waals surface area contributed by atoms with Crippen molar-refractivity contribution in [1.82, 2.24) is 5.32 Å². The molecule has 0 aliphatic heterocycles. The van der Waals surface area contributed by atoms with Gasteiger partial charge in [-0.25, -0.2) is 0 Å². The van der Waals surface area contributed by atoms with Gasteiger partial charge in [-0.3, -0.25) is 4.79 Å². The van der Waals surface area contributed by atoms with Crippen molar-refractivity contribution in [2.75, 3.05) is 6.61 Å². The number of nitrogens with one attached hydrogen (secondary N) is 1. The monoisotopic (exact) mass is 776 g/mol. The van der Waals surface area contributed by atoms with Gasteiger partial charge in [-0.1, -0.05) is 256 Å². The van der Waals surface area contributed by atoms with Crippen molar-refractivity contribution in [2.24, 2.45) is 0 Å². The molecule has 3 unspecified atom stereocenters. The summed E-state index contributed by atoms with van der Waals surface area (Å²) in [7, 11) is 0. The normalized spacial score (nSPS) is 13.6. The van der Waals surface area contributed by atoms with Crippen LogP contribution in [0.4, 0.5) is 0 Å². The minimum Gasteiger partial charge on any atom is -0.394 e. The number of allylic oxidation sites excluding steroid dienone is 3. The maximum absolute atomic E-state index is 12.5. The molecule has 0 aliphatic rings. The van der Waals surface area contributed by atoms with E-state index in [9.17, 15) is 20.1 Å². The molecule has 0 rings (SSSR count). The summed E-state index contributed by atoms with van der Waals surface area (Å²) in [4.78, 5) is 12.5. The topological polar surface area (TPSA) is 89.8 Å². The van der Waals surface area contributed by atoms with Gasteiger partial charge in [0, 0.05) is 0 Å². The lowest BCUT2D eigenvalue weighted by Crippen LogP contribution is -2.48. The van der Waals surface area contributed by atoms with Crippen LogP contribution < -0.4 is 5.32 Å². The van der Waals surface area contributed by atoms with E-state index in [-0.39, 0.29) is 6.61 Å². The number of aliphatic hydroxyl groups is 3. The molecule has 0 bridgehead atoms. The molecule has 0 radical (unpaired) electrons. The molecular formula is C50H97NO4. The Labute approximate surface area is 343 Å². The highest BCUT2D eigenvalue weighted by molar-refractivity contribution is 5.80. The Kier molecular flexibility index (Phi) is 44.6. The van der Waals surface area contributed by atoms with E-state index >= 15 is 0 Å². The van der Waals surface area contributed by atoms with Crippen LogP contribution in [0.2, 0.25) is 0 Å². The lowest BCUT2D eigenvalue weighted by Gasteiger charge is -2.21. The van der Waals surface area contributed by atoms with Crippen molar-refractivity contribution < 1.29 is 20.1 Å². The molecule has 0 aromatic carbocycles. The molecule has 5 nitrogen and oxygen atoms in total. The van der Waals surface area contributed by atoms with Gasteiger partial charge < -0.3 is 20.6 Å². The number of carbonyl (C=O) groups is 1. The van der Waals surface area contributed by atoms with E-state index < -0.39 is 24.2 Å². The Balaban J connectivity index is 3.64. The number of carbonyl (C=O) groups excluding carboxylic acids is 1. The van der Waals surface area contributed by atoms with Crippen LogP contribution in [0.3, 0.4) is 0 Å². The quantitative estimate of drug-likeness (QED) is 0.0366. The van der Waals surface area contributed by atoms with Crippen molar-refractivity contribution in [3.8, 4) is 0 Å². The summed E-state index contributed by atoms with van der Waals surface area (Å²) in [5, 5.41) is 33.2. The summed E-state index contributed by atoms with van der Waals surface area (Å²) in [6.07, 6.45) is 56.6. The van der Waals surface area contributed by atoms with Crippen LogP contribution in [-0.2, 0) is 4.79 Å². The van der Waals surface area contributed by atoms with Gasteiger partial charge in [0.25, 0.3) is 0 Å². The summed E-state index contributed by atoms with van der Waals surface area (Å²) in [5.74, 6) is -0.508. The van der Waals surface area contributed by atoms with Gasteiger partial charge in [-0.2, -0.15) is 0 Å². The molecule has 0 heterocycles. The third-order valence-electron chi connectivity index (χ3n) is 11.5. The number of aliphatic hydroxyl groups excluding tert-OH is 3. The van der Waals surface area contributed by atoms with Gasteiger partial charge in [0.2, 0.25) is 5.91 Å². The van der Waals surface area contributed by atoms with Gasteiger partial charge in [-0.15, -0.1) is 0 Å². The van der Waals surface area contributed by atoms with E-state index in [1.807, 2.05) is 6.08 Å². The van der Waals surface area contributed by atoms with E-state index in [2.05, 4.69) is 31.3 Å². The van der Waals surface area contributed by atoms with Gasteiger partial charge in [0.15, 0.2) is 0 Å². The number of unbranched alkanes of at least 4 members (excludes halogenated alkanes) is 35. The van der Waals surface area contributed by atoms with Gasteiger partial charge in [-0.05, 0) is 32.1 Å². The van der Waals surface area contributed by atoms with E-state index in [4.69, 9.17) is 0 Å². The van der Waals surface area contributed by atoms with Gasteiger partial charge >= 0.3 is 0 Å². The maximum Gasteiger partial charge on any atom is 0.249 e. The molecule has 326 valence electrons. The Morgan fingerprint density at radius 2 is 0.745 bits per heavy atom. The van der Waals surface area contributed by atoms with Crippen molar-refractivity contribution in [1.29, 1.82) is 0 Å². The predicted molar refractivity (Wildman–Crippen MR) is 241 cm³/mol. The fraction of sp³-hybridized carbons (Fsp3) is 0.900. The molecule has 0 aliphatic carbocycles. The second-order valence-corrected chi connectivity index (χ2v) is 17.0. The fourth-order valence-corrected chi connectivity index (χ4v) is 7.67. The average Bonchev–Trinajstić information content (AvgIpc) is 3.19. The molecule has 0 saturated heterocycles. The van der Waals surface area contributed by atoms with Crippen molar-refractivity contribution in [2.45, 2.75) is 283 Å². The van der Waals surface area contributed by atoms with Crippen LogP contribution >= 0.6 is 0 Å². The largest absolute Gasteiger partial charge is 0.394 e. The molecule has 3 atom stereocenters. The lowest BCUT2D eigenvalue weighted by molar-refractivity contribution is -0.131. The lowest BCUT2D eigenvalue weighted by atomic mass is 10.0. The minimum atomic E-state index is -1.10. The molecule has 55 heavy (non-hydrogen) atoms. The first-order valence-electron chi connectivity index (χ1n) is 24.7. The Morgan fingerprint density at radius 1 is 0.436 bits per heavy atom. The fourth-order valence-electron chi connectivity index (χ4n) is 7.67. The van der Waals surface area contributed by atoms with Crippen LogP contribution in [0.25, 0.3) is 0 Å². The van der Waals surface area contributed by atoms with Crippen LogP contribution in [0.5, 0.6) is 0 Å². The van der Waals surface area contributed by atoms with Gasteiger partial charge in [0.05, 0.1) is 18.8 Å². The summed E-state index contributed by atoms with van der Waals surface area (Å²) < 4.78 is 0. The smallest absolute Gasteiger partial charge is 0.249 e. The summed E-state index contributed by atoms with van der Waals surface area (Å²) in [5.41, 5.74) is 0. The molecular weight excluding hydrogens is 679 g/mol. The predicted octanol–water partition coefficient (Wildman–Crippen LogP) is 14.6. The molecule has 0 saturated carbocycles. The summed E-state index contributed by atoms with van der Waals surface area (Å²) >= 11 is 0. The SMILES string of the molecule is CCCCCCCCCCCCCCCCCC/C=C/CC/C=C/C(O)C(CO)NC(=O)C(O)CCCCCCCCCCCCCCCCCCCCC.